The highest BCUT2D eigenvalue weighted by molar-refractivity contribution is 7.87. The van der Waals surface area contributed by atoms with Gasteiger partial charge in [-0.1, -0.05) is 0 Å². The Balaban J connectivity index is 0. The van der Waals surface area contributed by atoms with Crippen LogP contribution in [-0.4, -0.2) is 65.4 Å². The summed E-state index contributed by atoms with van der Waals surface area (Å²) in [5.41, 5.74) is 0. The quantitative estimate of drug-likeness (QED) is 0.409. The Labute approximate surface area is 151 Å². The molecule has 0 saturated carbocycles. The standard InChI is InChI=1S/C8HF17O3S.H2O/c9-1(10,3(13,14)5(17,18)7(21,22)23)2(11,12)4(15,16)6(19,20)8(24,25)29(26,27)28;/h(H,26,27,28);1H2. The summed E-state index contributed by atoms with van der Waals surface area (Å²) in [6.07, 6.45) is -7.88. The van der Waals surface area contributed by atoms with Crippen molar-refractivity contribution in [3.05, 3.63) is 0 Å². The number of hydrogen-bond acceptors (Lipinski definition) is 2. The number of hydrogen-bond donors (Lipinski definition) is 1. The van der Waals surface area contributed by atoms with Gasteiger partial charge in [-0.05, 0) is 0 Å². The van der Waals surface area contributed by atoms with Gasteiger partial charge in [0.25, 0.3) is 0 Å². The highest BCUT2D eigenvalue weighted by atomic mass is 32.2. The first kappa shape index (κ1) is 30.9. The first-order valence-corrected chi connectivity index (χ1v) is 7.12. The van der Waals surface area contributed by atoms with Crippen LogP contribution in [0.25, 0.3) is 0 Å². The van der Waals surface area contributed by atoms with Gasteiger partial charge < -0.3 is 5.48 Å². The van der Waals surface area contributed by atoms with Crippen LogP contribution in [0.3, 0.4) is 0 Å². The fourth-order valence-corrected chi connectivity index (χ4v) is 1.76. The molecular weight excluding hydrogens is 515 g/mol. The van der Waals surface area contributed by atoms with Crippen molar-refractivity contribution in [2.75, 3.05) is 0 Å². The maximum absolute atomic E-state index is 13.0. The molecule has 0 radical (unpaired) electrons. The van der Waals surface area contributed by atoms with Crippen LogP contribution in [0.5, 0.6) is 0 Å². The van der Waals surface area contributed by atoms with Crippen molar-refractivity contribution < 1.29 is 93.1 Å². The molecule has 0 rings (SSSR count). The van der Waals surface area contributed by atoms with Gasteiger partial charge in [0, 0.05) is 0 Å². The third-order valence-corrected chi connectivity index (χ3v) is 3.92. The first-order valence-electron chi connectivity index (χ1n) is 5.68. The van der Waals surface area contributed by atoms with E-state index in [1.807, 2.05) is 0 Å². The third-order valence-electron chi connectivity index (χ3n) is 3.02. The maximum Gasteiger partial charge on any atom is 0.460 e. The number of halogens is 17. The minimum atomic E-state index is -8.89. The molecule has 0 aliphatic rings. The summed E-state index contributed by atoms with van der Waals surface area (Å²) in [4.78, 5) is 0. The topological polar surface area (TPSA) is 85.9 Å². The van der Waals surface area contributed by atoms with Crippen molar-refractivity contribution in [3.63, 3.8) is 0 Å². The summed E-state index contributed by atoms with van der Waals surface area (Å²) in [5, 5.41) is -7.84. The fourth-order valence-electron chi connectivity index (χ4n) is 1.31. The lowest BCUT2D eigenvalue weighted by Gasteiger charge is -2.42. The molecule has 0 aliphatic carbocycles. The Bertz CT molecular complexity index is 735. The van der Waals surface area contributed by atoms with Gasteiger partial charge >= 0.3 is 57.1 Å². The lowest BCUT2D eigenvalue weighted by atomic mass is 9.91. The van der Waals surface area contributed by atoms with Gasteiger partial charge in [-0.3, -0.25) is 4.55 Å². The lowest BCUT2D eigenvalue weighted by molar-refractivity contribution is -0.458. The Kier molecular flexibility index (Phi) is 7.31. The van der Waals surface area contributed by atoms with Gasteiger partial charge in [0.05, 0.1) is 0 Å². The summed E-state index contributed by atoms with van der Waals surface area (Å²) in [7, 11) is -7.89. The maximum atomic E-state index is 13.0. The van der Waals surface area contributed by atoms with E-state index in [9.17, 15) is 83.1 Å². The second-order valence-corrected chi connectivity index (χ2v) is 6.40. The molecule has 0 unspecified atom stereocenters. The highest BCUT2D eigenvalue weighted by Crippen LogP contribution is 2.64. The van der Waals surface area contributed by atoms with Gasteiger partial charge in [0.15, 0.2) is 0 Å². The Hall–Kier alpha value is -1.32. The monoisotopic (exact) mass is 518 g/mol. The molecular formula is C8H3F17O4S. The van der Waals surface area contributed by atoms with Crippen molar-refractivity contribution in [3.8, 4) is 0 Å². The van der Waals surface area contributed by atoms with Gasteiger partial charge in [-0.2, -0.15) is 83.1 Å². The largest absolute Gasteiger partial charge is 0.460 e. The molecule has 4 nitrogen and oxygen atoms in total. The van der Waals surface area contributed by atoms with Crippen LogP contribution in [0.1, 0.15) is 0 Å². The van der Waals surface area contributed by atoms with Gasteiger partial charge in [-0.25, -0.2) is 0 Å². The van der Waals surface area contributed by atoms with Crippen molar-refractivity contribution in [1.82, 2.24) is 0 Å². The predicted molar refractivity (Wildman–Crippen MR) is 55.8 cm³/mol. The molecule has 0 aromatic carbocycles. The second kappa shape index (κ2) is 7.10. The lowest BCUT2D eigenvalue weighted by Crippen LogP contribution is -2.74. The smallest absolute Gasteiger partial charge is 0.412 e. The van der Waals surface area contributed by atoms with Crippen molar-refractivity contribution in [2.45, 2.75) is 47.0 Å². The Morgan fingerprint density at radius 1 is 0.433 bits per heavy atom. The van der Waals surface area contributed by atoms with E-state index >= 15 is 0 Å². The third kappa shape index (κ3) is 3.52. The van der Waals surface area contributed by atoms with Crippen molar-refractivity contribution >= 4 is 10.1 Å². The molecule has 30 heavy (non-hydrogen) atoms. The van der Waals surface area contributed by atoms with Gasteiger partial charge in [0.2, 0.25) is 0 Å². The molecule has 0 atom stereocenters. The van der Waals surface area contributed by atoms with E-state index in [-0.39, 0.29) is 5.48 Å². The summed E-state index contributed by atoms with van der Waals surface area (Å²) in [6, 6.07) is 0. The van der Waals surface area contributed by atoms with E-state index in [2.05, 4.69) is 0 Å². The highest BCUT2D eigenvalue weighted by Gasteiger charge is 2.96. The average Bonchev–Trinajstić information content (AvgIpc) is 2.43. The van der Waals surface area contributed by atoms with Crippen LogP contribution in [0.15, 0.2) is 0 Å². The van der Waals surface area contributed by atoms with Crippen LogP contribution in [0.4, 0.5) is 74.6 Å². The number of rotatable bonds is 7. The Morgan fingerprint density at radius 3 is 0.833 bits per heavy atom. The summed E-state index contributed by atoms with van der Waals surface area (Å²) in [5.74, 6) is -52.0. The minimum Gasteiger partial charge on any atom is -0.412 e. The number of alkyl halides is 17. The fraction of sp³-hybridized carbons (Fsp3) is 1.00. The summed E-state index contributed by atoms with van der Waals surface area (Å²) < 4.78 is 242. The minimum absolute atomic E-state index is 0. The zero-order chi connectivity index (χ0) is 24.5. The first-order chi connectivity index (χ1) is 12.0. The molecule has 22 heteroatoms. The van der Waals surface area contributed by atoms with Crippen LogP contribution < -0.4 is 0 Å². The van der Waals surface area contributed by atoms with E-state index in [1.165, 1.54) is 0 Å². The van der Waals surface area contributed by atoms with E-state index in [0.717, 1.165) is 0 Å². The molecule has 0 fully saturated rings. The van der Waals surface area contributed by atoms with E-state index in [4.69, 9.17) is 4.55 Å². The SMILES string of the molecule is O.O=S(=O)(O)C(F)(F)C(F)(F)C(F)(F)C(F)(F)C(F)(F)C(F)(F)C(F)(F)C(F)(F)F. The van der Waals surface area contributed by atoms with Gasteiger partial charge in [-0.15, -0.1) is 0 Å². The van der Waals surface area contributed by atoms with Crippen LogP contribution >= 0.6 is 0 Å². The molecule has 184 valence electrons. The van der Waals surface area contributed by atoms with E-state index in [1.54, 1.807) is 0 Å². The average molecular weight is 518 g/mol. The molecule has 0 aromatic rings. The molecule has 0 spiro atoms. The van der Waals surface area contributed by atoms with Crippen molar-refractivity contribution in [1.29, 1.82) is 0 Å². The Morgan fingerprint density at radius 2 is 0.633 bits per heavy atom. The summed E-state index contributed by atoms with van der Waals surface area (Å²) in [6.45, 7) is 0. The molecule has 0 aliphatic heterocycles. The molecule has 0 saturated heterocycles. The predicted octanol–water partition coefficient (Wildman–Crippen LogP) is 4.02. The zero-order valence-electron chi connectivity index (χ0n) is 12.6. The van der Waals surface area contributed by atoms with Crippen LogP contribution in [-0.2, 0) is 10.1 Å². The van der Waals surface area contributed by atoms with Crippen molar-refractivity contribution in [2.24, 2.45) is 0 Å². The van der Waals surface area contributed by atoms with Crippen LogP contribution in [0.2, 0.25) is 0 Å². The second-order valence-electron chi connectivity index (χ2n) is 4.94. The molecule has 0 aromatic heterocycles. The van der Waals surface area contributed by atoms with E-state index < -0.39 is 57.1 Å². The molecule has 0 heterocycles. The molecule has 0 bridgehead atoms. The molecule has 0 amide bonds. The molecule has 3 N–H and O–H groups in total. The van der Waals surface area contributed by atoms with Gasteiger partial charge in [0.1, 0.15) is 0 Å². The zero-order valence-corrected chi connectivity index (χ0v) is 13.4. The summed E-state index contributed by atoms with van der Waals surface area (Å²) >= 11 is 0. The van der Waals surface area contributed by atoms with E-state index in [0.29, 0.717) is 0 Å². The van der Waals surface area contributed by atoms with Crippen LogP contribution in [0, 0.1) is 0 Å². The normalized spacial score (nSPS) is 16.3.